The average Bonchev–Trinajstić information content (AvgIpc) is 3.93. The van der Waals surface area contributed by atoms with Crippen LogP contribution in [0.4, 0.5) is 22.7 Å². The first kappa shape index (κ1) is 43.1. The van der Waals surface area contributed by atoms with Crippen LogP contribution in [0.2, 0.25) is 0 Å². The van der Waals surface area contributed by atoms with E-state index in [1.54, 1.807) is 0 Å². The standard InChI is InChI=1S/C65H60N2S2/c1-61-37-17-19-39-63(61,68-3)57-43-47(31-35-59(57)66(61)51-25-13-7-14-26-51)45-29-33-53-54-34-30-46(42-56(54)65(55(53)41-45,49-21-9-5-10-22-49)50-23-11-6-12-24-50)48-32-36-60-58(44-48)64(69-4)40-20-18-38-62(64,2)67(60)52-27-15-8-16-28-52/h5-16,21-36,41-44H,17-20,37-40H2,1-4H3. The van der Waals surface area contributed by atoms with E-state index in [0.717, 1.165) is 0 Å². The van der Waals surface area contributed by atoms with Crippen molar-refractivity contribution >= 4 is 46.3 Å². The van der Waals surface area contributed by atoms with Crippen molar-refractivity contribution in [2.24, 2.45) is 0 Å². The highest BCUT2D eigenvalue weighted by atomic mass is 32.2. The van der Waals surface area contributed by atoms with Gasteiger partial charge in [0.05, 0.1) is 26.0 Å². The largest absolute Gasteiger partial charge is 0.334 e. The molecule has 2 aliphatic heterocycles. The van der Waals surface area contributed by atoms with Gasteiger partial charge in [-0.3, -0.25) is 0 Å². The van der Waals surface area contributed by atoms with Crippen LogP contribution in [0, 0.1) is 0 Å². The van der Waals surface area contributed by atoms with Gasteiger partial charge in [0.15, 0.2) is 0 Å². The molecule has 0 aromatic heterocycles. The van der Waals surface area contributed by atoms with Gasteiger partial charge in [-0.15, -0.1) is 0 Å². The molecule has 2 fully saturated rings. The lowest BCUT2D eigenvalue weighted by molar-refractivity contribution is 0.262. The Balaban J connectivity index is 0.991. The first-order valence-corrected chi connectivity index (χ1v) is 27.8. The fourth-order valence-electron chi connectivity index (χ4n) is 14.8. The summed E-state index contributed by atoms with van der Waals surface area (Å²) in [6, 6.07) is 74.7. The molecule has 8 aromatic rings. The molecule has 2 saturated carbocycles. The van der Waals surface area contributed by atoms with Crippen molar-refractivity contribution in [2.45, 2.75) is 91.2 Å². The molecule has 2 heterocycles. The summed E-state index contributed by atoms with van der Waals surface area (Å²) < 4.78 is -0.00775. The number of para-hydroxylation sites is 2. The third-order valence-corrected chi connectivity index (χ3v) is 21.0. The van der Waals surface area contributed by atoms with Crippen LogP contribution in [-0.4, -0.2) is 23.6 Å². The Morgan fingerprint density at radius 3 is 1.07 bits per heavy atom. The fraction of sp³-hybridized carbons (Fsp3) is 0.262. The van der Waals surface area contributed by atoms with Crippen LogP contribution in [0.3, 0.4) is 0 Å². The summed E-state index contributed by atoms with van der Waals surface area (Å²) in [5.41, 5.74) is 20.8. The molecule has 3 aliphatic carbocycles. The van der Waals surface area contributed by atoms with Crippen LogP contribution in [0.25, 0.3) is 33.4 Å². The van der Waals surface area contributed by atoms with Gasteiger partial charge in [0.2, 0.25) is 0 Å². The van der Waals surface area contributed by atoms with Gasteiger partial charge in [0.25, 0.3) is 0 Å². The van der Waals surface area contributed by atoms with Gasteiger partial charge < -0.3 is 9.80 Å². The third kappa shape index (κ3) is 5.82. The molecule has 4 heteroatoms. The number of benzene rings is 8. The Morgan fingerprint density at radius 1 is 0.362 bits per heavy atom. The summed E-state index contributed by atoms with van der Waals surface area (Å²) in [5, 5.41) is 0. The molecular weight excluding hydrogens is 873 g/mol. The number of rotatable bonds is 8. The van der Waals surface area contributed by atoms with Gasteiger partial charge in [-0.05, 0) is 179 Å². The predicted octanol–water partition coefficient (Wildman–Crippen LogP) is 17.5. The highest BCUT2D eigenvalue weighted by Crippen LogP contribution is 2.67. The molecule has 0 amide bonds. The van der Waals surface area contributed by atoms with Crippen molar-refractivity contribution in [3.63, 3.8) is 0 Å². The number of hydrogen-bond acceptors (Lipinski definition) is 4. The quantitative estimate of drug-likeness (QED) is 0.150. The summed E-state index contributed by atoms with van der Waals surface area (Å²) in [7, 11) is 0. The van der Waals surface area contributed by atoms with Crippen molar-refractivity contribution in [1.82, 2.24) is 0 Å². The molecule has 8 aromatic carbocycles. The highest BCUT2D eigenvalue weighted by molar-refractivity contribution is 7.99. The first-order valence-electron chi connectivity index (χ1n) is 25.3. The van der Waals surface area contributed by atoms with E-state index < -0.39 is 5.41 Å². The minimum Gasteiger partial charge on any atom is -0.334 e. The van der Waals surface area contributed by atoms with Gasteiger partial charge in [-0.2, -0.15) is 23.5 Å². The van der Waals surface area contributed by atoms with E-state index in [1.165, 1.54) is 141 Å². The summed E-state index contributed by atoms with van der Waals surface area (Å²) in [4.78, 5) is 5.40. The van der Waals surface area contributed by atoms with Gasteiger partial charge in [-0.1, -0.05) is 159 Å². The summed E-state index contributed by atoms with van der Waals surface area (Å²) in [6.45, 7) is 5.08. The molecule has 0 spiro atoms. The van der Waals surface area contributed by atoms with Gasteiger partial charge in [0, 0.05) is 22.7 Å². The van der Waals surface area contributed by atoms with Crippen molar-refractivity contribution in [1.29, 1.82) is 0 Å². The molecule has 13 rings (SSSR count). The maximum absolute atomic E-state index is 2.70. The lowest BCUT2D eigenvalue weighted by atomic mass is 9.67. The number of thioether (sulfide) groups is 2. The molecule has 0 N–H and O–H groups in total. The van der Waals surface area contributed by atoms with E-state index in [0.29, 0.717) is 0 Å². The van der Waals surface area contributed by atoms with Crippen LogP contribution in [-0.2, 0) is 14.9 Å². The lowest BCUT2D eigenvalue weighted by Crippen LogP contribution is -2.54. The van der Waals surface area contributed by atoms with E-state index in [-0.39, 0.29) is 20.6 Å². The molecule has 0 bridgehead atoms. The lowest BCUT2D eigenvalue weighted by Gasteiger charge is -2.51. The van der Waals surface area contributed by atoms with Crippen molar-refractivity contribution < 1.29 is 0 Å². The Bertz CT molecular complexity index is 3040. The molecule has 4 unspecified atom stereocenters. The molecule has 69 heavy (non-hydrogen) atoms. The van der Waals surface area contributed by atoms with Gasteiger partial charge in [0.1, 0.15) is 0 Å². The van der Waals surface area contributed by atoms with Crippen LogP contribution in [0.1, 0.15) is 98.6 Å². The molecule has 0 radical (unpaired) electrons. The molecule has 342 valence electrons. The fourth-order valence-corrected chi connectivity index (χ4v) is 17.5. The number of anilines is 4. The summed E-state index contributed by atoms with van der Waals surface area (Å²) in [5.74, 6) is 0. The zero-order chi connectivity index (χ0) is 46.6. The van der Waals surface area contributed by atoms with E-state index in [1.807, 2.05) is 0 Å². The summed E-state index contributed by atoms with van der Waals surface area (Å²) >= 11 is 4.16. The topological polar surface area (TPSA) is 6.48 Å². The second kappa shape index (κ2) is 16.1. The maximum Gasteiger partial charge on any atom is 0.0713 e. The van der Waals surface area contributed by atoms with Crippen molar-refractivity contribution in [3.05, 3.63) is 228 Å². The normalized spacial score (nSPS) is 24.8. The van der Waals surface area contributed by atoms with Crippen LogP contribution in [0.15, 0.2) is 194 Å². The molecule has 2 nitrogen and oxygen atoms in total. The minimum atomic E-state index is -0.536. The molecule has 0 saturated heterocycles. The van der Waals surface area contributed by atoms with E-state index in [9.17, 15) is 0 Å². The first-order chi connectivity index (χ1) is 33.8. The Hall–Kier alpha value is -5.94. The van der Waals surface area contributed by atoms with Crippen molar-refractivity contribution in [3.8, 4) is 33.4 Å². The zero-order valence-corrected chi connectivity index (χ0v) is 42.0. The SMILES string of the molecule is CSC12CCCCC1(C)N(c1ccccc1)c1ccc(-c3ccc4c(c3)C(c3ccccc3)(c3ccccc3)c3cc(-c5ccc6c(c5)C5(SC)CCCCC5(C)N6c5ccccc5)ccc3-4)cc12. The molecule has 4 atom stereocenters. The maximum atomic E-state index is 2.70. The third-order valence-electron chi connectivity index (χ3n) is 17.9. The van der Waals surface area contributed by atoms with Crippen LogP contribution >= 0.6 is 23.5 Å². The minimum absolute atomic E-state index is 0.00387. The number of hydrogen-bond donors (Lipinski definition) is 0. The monoisotopic (exact) mass is 932 g/mol. The summed E-state index contributed by atoms with van der Waals surface area (Å²) in [6.07, 6.45) is 14.5. The Kier molecular flexibility index (Phi) is 10.0. The van der Waals surface area contributed by atoms with Gasteiger partial charge >= 0.3 is 0 Å². The van der Waals surface area contributed by atoms with Crippen LogP contribution in [0.5, 0.6) is 0 Å². The van der Waals surface area contributed by atoms with E-state index in [2.05, 4.69) is 254 Å². The Labute approximate surface area is 418 Å². The second-order valence-corrected chi connectivity index (χ2v) is 23.0. The number of nitrogens with zero attached hydrogens (tertiary/aromatic N) is 2. The molecule has 5 aliphatic rings. The zero-order valence-electron chi connectivity index (χ0n) is 40.3. The van der Waals surface area contributed by atoms with Crippen LogP contribution < -0.4 is 9.80 Å². The Morgan fingerprint density at radius 2 is 0.696 bits per heavy atom. The van der Waals surface area contributed by atoms with E-state index in [4.69, 9.17) is 0 Å². The predicted molar refractivity (Wildman–Crippen MR) is 296 cm³/mol. The van der Waals surface area contributed by atoms with Gasteiger partial charge in [-0.25, -0.2) is 0 Å². The average molecular weight is 933 g/mol. The smallest absolute Gasteiger partial charge is 0.0713 e. The van der Waals surface area contributed by atoms with E-state index >= 15 is 0 Å². The second-order valence-electron chi connectivity index (χ2n) is 20.8. The van der Waals surface area contributed by atoms with Crippen molar-refractivity contribution in [2.75, 3.05) is 22.3 Å². The molecular formula is C65H60N2S2. The highest BCUT2D eigenvalue weighted by Gasteiger charge is 2.61. The number of fused-ring (bicyclic) bond motifs is 9.